The Hall–Kier alpha value is -1.36. The van der Waals surface area contributed by atoms with Gasteiger partial charge in [-0.05, 0) is 19.8 Å². The van der Waals surface area contributed by atoms with Crippen molar-refractivity contribution in [2.24, 2.45) is 11.8 Å². The van der Waals surface area contributed by atoms with E-state index < -0.39 is 0 Å². The Kier molecular flexibility index (Phi) is 5.34. The van der Waals surface area contributed by atoms with Crippen molar-refractivity contribution in [2.45, 2.75) is 53.9 Å². The third kappa shape index (κ3) is 3.82. The number of hydrazine groups is 1. The molecule has 0 fully saturated rings. The summed E-state index contributed by atoms with van der Waals surface area (Å²) in [4.78, 5) is 11.6. The SMILES string of the molecule is CCN(CC(C)C)c1nc(C(C)(C)C)nc(NN)c1C. The lowest BCUT2D eigenvalue weighted by atomic mass is 9.95. The van der Waals surface area contributed by atoms with Crippen LogP contribution in [0.1, 0.15) is 52.9 Å². The summed E-state index contributed by atoms with van der Waals surface area (Å²) < 4.78 is 0. The fourth-order valence-electron chi connectivity index (χ4n) is 2.09. The molecular formula is C15H29N5. The molecule has 20 heavy (non-hydrogen) atoms. The molecule has 114 valence electrons. The summed E-state index contributed by atoms with van der Waals surface area (Å²) in [5.41, 5.74) is 3.60. The first-order valence-electron chi connectivity index (χ1n) is 7.31. The molecule has 0 unspecified atom stereocenters. The molecule has 0 aliphatic heterocycles. The Labute approximate surface area is 123 Å². The van der Waals surface area contributed by atoms with E-state index in [2.05, 4.69) is 56.9 Å². The third-order valence-electron chi connectivity index (χ3n) is 3.19. The zero-order chi connectivity index (χ0) is 15.5. The molecule has 0 radical (unpaired) electrons. The van der Waals surface area contributed by atoms with E-state index in [1.54, 1.807) is 0 Å². The van der Waals surface area contributed by atoms with E-state index in [0.717, 1.165) is 30.3 Å². The van der Waals surface area contributed by atoms with Crippen LogP contribution in [-0.2, 0) is 5.41 Å². The second kappa shape index (κ2) is 6.39. The highest BCUT2D eigenvalue weighted by atomic mass is 15.3. The van der Waals surface area contributed by atoms with Crippen LogP contribution in [0.25, 0.3) is 0 Å². The van der Waals surface area contributed by atoms with Crippen LogP contribution in [0.2, 0.25) is 0 Å². The van der Waals surface area contributed by atoms with Gasteiger partial charge in [0.15, 0.2) is 0 Å². The van der Waals surface area contributed by atoms with Gasteiger partial charge in [-0.2, -0.15) is 0 Å². The Morgan fingerprint density at radius 3 is 2.25 bits per heavy atom. The van der Waals surface area contributed by atoms with Crippen LogP contribution in [0.15, 0.2) is 0 Å². The van der Waals surface area contributed by atoms with Crippen LogP contribution in [0, 0.1) is 12.8 Å². The van der Waals surface area contributed by atoms with Crippen molar-refractivity contribution in [3.8, 4) is 0 Å². The number of nitrogen functional groups attached to an aromatic ring is 1. The van der Waals surface area contributed by atoms with E-state index in [0.29, 0.717) is 11.7 Å². The molecule has 0 bridgehead atoms. The molecule has 0 amide bonds. The van der Waals surface area contributed by atoms with Gasteiger partial charge >= 0.3 is 0 Å². The molecule has 0 saturated heterocycles. The molecule has 0 aliphatic rings. The van der Waals surface area contributed by atoms with Gasteiger partial charge in [0.25, 0.3) is 0 Å². The molecule has 5 heteroatoms. The number of nitrogens with two attached hydrogens (primary N) is 1. The predicted molar refractivity (Wildman–Crippen MR) is 86.0 cm³/mol. The second-order valence-electron chi connectivity index (χ2n) is 6.67. The molecule has 0 aliphatic carbocycles. The lowest BCUT2D eigenvalue weighted by molar-refractivity contribution is 0.541. The highest BCUT2D eigenvalue weighted by molar-refractivity contribution is 5.58. The Balaban J connectivity index is 3.35. The molecule has 5 nitrogen and oxygen atoms in total. The van der Waals surface area contributed by atoms with Crippen LogP contribution in [0.4, 0.5) is 11.6 Å². The maximum absolute atomic E-state index is 5.62. The summed E-state index contributed by atoms with van der Waals surface area (Å²) in [6, 6.07) is 0. The van der Waals surface area contributed by atoms with Crippen molar-refractivity contribution in [3.05, 3.63) is 11.4 Å². The molecule has 0 saturated carbocycles. The molecule has 0 spiro atoms. The quantitative estimate of drug-likeness (QED) is 0.641. The van der Waals surface area contributed by atoms with Gasteiger partial charge in [0.05, 0.1) is 0 Å². The number of anilines is 2. The van der Waals surface area contributed by atoms with E-state index in [1.807, 2.05) is 6.92 Å². The third-order valence-corrected chi connectivity index (χ3v) is 3.19. The number of nitrogens with zero attached hydrogens (tertiary/aromatic N) is 3. The van der Waals surface area contributed by atoms with Gasteiger partial charge in [0, 0.05) is 24.1 Å². The maximum atomic E-state index is 5.62. The predicted octanol–water partition coefficient (Wildman–Crippen LogP) is 2.85. The second-order valence-corrected chi connectivity index (χ2v) is 6.67. The molecule has 1 aromatic rings. The van der Waals surface area contributed by atoms with Gasteiger partial charge in [-0.3, -0.25) is 0 Å². The molecule has 0 atom stereocenters. The first kappa shape index (κ1) is 16.7. The van der Waals surface area contributed by atoms with Crippen molar-refractivity contribution < 1.29 is 0 Å². The van der Waals surface area contributed by atoms with Gasteiger partial charge in [0.2, 0.25) is 0 Å². The standard InChI is InChI=1S/C15H29N5/c1-8-20(9-10(2)3)13-11(4)12(19-16)17-14(18-13)15(5,6)7/h10H,8-9,16H2,1-7H3,(H,17,18,19). The van der Waals surface area contributed by atoms with E-state index >= 15 is 0 Å². The first-order valence-corrected chi connectivity index (χ1v) is 7.31. The Morgan fingerprint density at radius 1 is 1.25 bits per heavy atom. The topological polar surface area (TPSA) is 67.1 Å². The largest absolute Gasteiger partial charge is 0.356 e. The number of nitrogens with one attached hydrogen (secondary N) is 1. The summed E-state index contributed by atoms with van der Waals surface area (Å²) in [6.45, 7) is 16.8. The lowest BCUT2D eigenvalue weighted by Gasteiger charge is -2.28. The zero-order valence-corrected chi connectivity index (χ0v) is 13.9. The van der Waals surface area contributed by atoms with Gasteiger partial charge in [-0.25, -0.2) is 15.8 Å². The minimum Gasteiger partial charge on any atom is -0.356 e. The Morgan fingerprint density at radius 2 is 1.85 bits per heavy atom. The first-order chi connectivity index (χ1) is 9.20. The maximum Gasteiger partial charge on any atom is 0.148 e. The van der Waals surface area contributed by atoms with E-state index in [9.17, 15) is 0 Å². The average Bonchev–Trinajstić information content (AvgIpc) is 2.34. The van der Waals surface area contributed by atoms with Crippen molar-refractivity contribution in [2.75, 3.05) is 23.4 Å². The molecule has 1 heterocycles. The molecule has 0 aromatic carbocycles. The fourth-order valence-corrected chi connectivity index (χ4v) is 2.09. The van der Waals surface area contributed by atoms with Crippen molar-refractivity contribution in [1.82, 2.24) is 9.97 Å². The van der Waals surface area contributed by atoms with Crippen LogP contribution >= 0.6 is 0 Å². The van der Waals surface area contributed by atoms with Gasteiger partial charge < -0.3 is 10.3 Å². The molecule has 1 rings (SSSR count). The summed E-state index contributed by atoms with van der Waals surface area (Å²) in [7, 11) is 0. The van der Waals surface area contributed by atoms with Crippen LogP contribution in [0.3, 0.4) is 0 Å². The Bertz CT molecular complexity index is 448. The molecule has 1 aromatic heterocycles. The highest BCUT2D eigenvalue weighted by Crippen LogP contribution is 2.28. The number of rotatable bonds is 5. The van der Waals surface area contributed by atoms with Crippen molar-refractivity contribution >= 4 is 11.6 Å². The van der Waals surface area contributed by atoms with E-state index in [4.69, 9.17) is 10.8 Å². The number of aromatic nitrogens is 2. The van der Waals surface area contributed by atoms with Crippen LogP contribution < -0.4 is 16.2 Å². The van der Waals surface area contributed by atoms with Crippen LogP contribution in [-0.4, -0.2) is 23.1 Å². The van der Waals surface area contributed by atoms with Crippen molar-refractivity contribution in [1.29, 1.82) is 0 Å². The smallest absolute Gasteiger partial charge is 0.148 e. The van der Waals surface area contributed by atoms with Gasteiger partial charge in [-0.1, -0.05) is 34.6 Å². The number of hydrogen-bond donors (Lipinski definition) is 2. The lowest BCUT2D eigenvalue weighted by Crippen LogP contribution is -2.31. The summed E-state index contributed by atoms with van der Waals surface area (Å²) >= 11 is 0. The summed E-state index contributed by atoms with van der Waals surface area (Å²) in [6.07, 6.45) is 0. The summed E-state index contributed by atoms with van der Waals surface area (Å²) in [5, 5.41) is 0. The minimum absolute atomic E-state index is 0.106. The highest BCUT2D eigenvalue weighted by Gasteiger charge is 2.23. The monoisotopic (exact) mass is 279 g/mol. The number of hydrogen-bond acceptors (Lipinski definition) is 5. The van der Waals surface area contributed by atoms with Crippen LogP contribution in [0.5, 0.6) is 0 Å². The minimum atomic E-state index is -0.106. The van der Waals surface area contributed by atoms with Gasteiger partial charge in [0.1, 0.15) is 17.5 Å². The summed E-state index contributed by atoms with van der Waals surface area (Å²) in [5.74, 6) is 8.70. The van der Waals surface area contributed by atoms with Gasteiger partial charge in [-0.15, -0.1) is 0 Å². The van der Waals surface area contributed by atoms with E-state index in [1.165, 1.54) is 0 Å². The normalized spacial score (nSPS) is 11.8. The molecule has 3 N–H and O–H groups in total. The zero-order valence-electron chi connectivity index (χ0n) is 13.9. The fraction of sp³-hybridized carbons (Fsp3) is 0.733. The van der Waals surface area contributed by atoms with E-state index in [-0.39, 0.29) is 5.41 Å². The average molecular weight is 279 g/mol. The van der Waals surface area contributed by atoms with Crippen molar-refractivity contribution in [3.63, 3.8) is 0 Å². The molecular weight excluding hydrogens is 250 g/mol.